The summed E-state index contributed by atoms with van der Waals surface area (Å²) in [5.41, 5.74) is -0.143. The number of hydrogen-bond donors (Lipinski definition) is 1. The summed E-state index contributed by atoms with van der Waals surface area (Å²) in [5, 5.41) is 32.4. The van der Waals surface area contributed by atoms with E-state index < -0.39 is 10.8 Å². The largest absolute Gasteiger partial charge is 0.494 e. The second kappa shape index (κ2) is 10.3. The van der Waals surface area contributed by atoms with Crippen LogP contribution in [0.3, 0.4) is 0 Å². The van der Waals surface area contributed by atoms with Gasteiger partial charge in [0, 0.05) is 12.5 Å². The Labute approximate surface area is 187 Å². The number of hydrogen-bond acceptors (Lipinski definition) is 9. The zero-order valence-electron chi connectivity index (χ0n) is 17.3. The zero-order chi connectivity index (χ0) is 23.1. The quantitative estimate of drug-likeness (QED) is 0.214. The molecule has 32 heavy (non-hydrogen) atoms. The lowest BCUT2D eigenvalue weighted by Gasteiger charge is -2.05. The summed E-state index contributed by atoms with van der Waals surface area (Å²) in [4.78, 5) is 23.4. The van der Waals surface area contributed by atoms with Gasteiger partial charge in [0.1, 0.15) is 33.9 Å². The maximum Gasteiger partial charge on any atom is 0.284 e. The molecular weight excluding hydrogens is 434 g/mol. The van der Waals surface area contributed by atoms with Crippen molar-refractivity contribution in [1.82, 2.24) is 10.2 Å². The van der Waals surface area contributed by atoms with Gasteiger partial charge in [-0.25, -0.2) is 0 Å². The van der Waals surface area contributed by atoms with Gasteiger partial charge < -0.3 is 9.15 Å². The van der Waals surface area contributed by atoms with Crippen molar-refractivity contribution in [2.24, 2.45) is 0 Å². The Morgan fingerprint density at radius 2 is 2.16 bits per heavy atom. The molecule has 2 aromatic heterocycles. The molecule has 1 aromatic carbocycles. The van der Waals surface area contributed by atoms with Crippen molar-refractivity contribution >= 4 is 34.1 Å². The van der Waals surface area contributed by atoms with Gasteiger partial charge in [0.25, 0.3) is 11.6 Å². The maximum atomic E-state index is 12.4. The molecule has 0 radical (unpaired) electrons. The zero-order valence-corrected chi connectivity index (χ0v) is 18.1. The summed E-state index contributed by atoms with van der Waals surface area (Å²) in [5.74, 6) is 0.129. The average molecular weight is 453 g/mol. The molecular formula is C21H19N5O5S. The predicted octanol–water partition coefficient (Wildman–Crippen LogP) is 4.60. The van der Waals surface area contributed by atoms with Crippen LogP contribution in [0.25, 0.3) is 17.4 Å². The number of benzene rings is 1. The van der Waals surface area contributed by atoms with E-state index in [1.54, 1.807) is 13.0 Å². The number of anilines is 1. The highest BCUT2D eigenvalue weighted by Crippen LogP contribution is 2.34. The first-order chi connectivity index (χ1) is 15.4. The first-order valence-electron chi connectivity index (χ1n) is 9.72. The van der Waals surface area contributed by atoms with Crippen molar-refractivity contribution in [1.29, 1.82) is 5.26 Å². The lowest BCUT2D eigenvalue weighted by molar-refractivity contribution is -0.384. The van der Waals surface area contributed by atoms with Crippen molar-refractivity contribution < 1.29 is 18.9 Å². The van der Waals surface area contributed by atoms with Crippen LogP contribution in [-0.2, 0) is 11.2 Å². The number of carbonyl (C=O) groups excluding carboxylic acids is 1. The van der Waals surface area contributed by atoms with E-state index in [-0.39, 0.29) is 28.3 Å². The highest BCUT2D eigenvalue weighted by Gasteiger charge is 2.20. The van der Waals surface area contributed by atoms with E-state index in [1.165, 1.54) is 41.7 Å². The first-order valence-corrected chi connectivity index (χ1v) is 10.5. The second-order valence-electron chi connectivity index (χ2n) is 6.45. The van der Waals surface area contributed by atoms with Crippen molar-refractivity contribution in [3.63, 3.8) is 0 Å². The van der Waals surface area contributed by atoms with Gasteiger partial charge in [-0.3, -0.25) is 20.2 Å². The normalized spacial score (nSPS) is 11.1. The monoisotopic (exact) mass is 453 g/mol. The Morgan fingerprint density at radius 1 is 1.34 bits per heavy atom. The van der Waals surface area contributed by atoms with Crippen LogP contribution < -0.4 is 10.1 Å². The third-order valence-electron chi connectivity index (χ3n) is 4.17. The fraction of sp³-hybridized carbons (Fsp3) is 0.238. The number of aromatic nitrogens is 2. The number of rotatable bonds is 9. The van der Waals surface area contributed by atoms with Gasteiger partial charge in [-0.2, -0.15) is 5.26 Å². The van der Waals surface area contributed by atoms with Gasteiger partial charge in [0.05, 0.1) is 23.2 Å². The number of nitrogens with one attached hydrogen (secondary N) is 1. The van der Waals surface area contributed by atoms with Crippen LogP contribution in [0.5, 0.6) is 5.75 Å². The molecule has 0 aliphatic carbocycles. The van der Waals surface area contributed by atoms with Crippen LogP contribution in [0, 0.1) is 21.4 Å². The molecule has 2 heterocycles. The van der Waals surface area contributed by atoms with Crippen molar-refractivity contribution in [2.75, 3.05) is 11.9 Å². The number of nitrogens with zero attached hydrogens (tertiary/aromatic N) is 4. The van der Waals surface area contributed by atoms with E-state index in [1.807, 2.05) is 13.0 Å². The summed E-state index contributed by atoms with van der Waals surface area (Å²) in [7, 11) is 0. The number of nitro benzene ring substituents is 1. The smallest absolute Gasteiger partial charge is 0.284 e. The maximum absolute atomic E-state index is 12.4. The van der Waals surface area contributed by atoms with E-state index in [9.17, 15) is 20.2 Å². The molecule has 0 aliphatic heterocycles. The molecule has 0 fully saturated rings. The van der Waals surface area contributed by atoms with E-state index in [0.717, 1.165) is 17.8 Å². The Kier molecular flexibility index (Phi) is 7.30. The van der Waals surface area contributed by atoms with Gasteiger partial charge in [-0.05, 0) is 37.6 Å². The number of carbonyl (C=O) groups is 1. The van der Waals surface area contributed by atoms with Gasteiger partial charge in [0.15, 0.2) is 0 Å². The van der Waals surface area contributed by atoms with E-state index in [4.69, 9.17) is 9.15 Å². The van der Waals surface area contributed by atoms with E-state index >= 15 is 0 Å². The molecule has 0 aliphatic rings. The van der Waals surface area contributed by atoms with Crippen LogP contribution in [0.4, 0.5) is 10.8 Å². The second-order valence-corrected chi connectivity index (χ2v) is 7.51. The molecule has 0 bridgehead atoms. The molecule has 0 saturated carbocycles. The third kappa shape index (κ3) is 5.35. The van der Waals surface area contributed by atoms with E-state index in [2.05, 4.69) is 15.5 Å². The molecule has 164 valence electrons. The summed E-state index contributed by atoms with van der Waals surface area (Å²) >= 11 is 1.24. The fourth-order valence-corrected chi connectivity index (χ4v) is 3.61. The number of ether oxygens (including phenoxy) is 1. The highest BCUT2D eigenvalue weighted by molar-refractivity contribution is 7.15. The lowest BCUT2D eigenvalue weighted by Crippen LogP contribution is -2.13. The Hall–Kier alpha value is -4.04. The molecule has 0 spiro atoms. The standard InChI is InChI=1S/C21H19N5O5S/c1-3-5-19-24-25-21(32-19)23-20(27)13(12-22)10-15-7-9-18(31-15)16-8-6-14(30-4-2)11-17(16)26(28)29/h6-11H,3-5H2,1-2H3,(H,23,25,27). The van der Waals surface area contributed by atoms with Crippen LogP contribution in [-0.4, -0.2) is 27.6 Å². The van der Waals surface area contributed by atoms with Crippen molar-refractivity contribution in [3.05, 3.63) is 56.8 Å². The summed E-state index contributed by atoms with van der Waals surface area (Å²) in [6.07, 6.45) is 2.91. The van der Waals surface area contributed by atoms with E-state index in [0.29, 0.717) is 17.5 Å². The molecule has 11 heteroatoms. The number of amides is 1. The van der Waals surface area contributed by atoms with Gasteiger partial charge >= 0.3 is 0 Å². The summed E-state index contributed by atoms with van der Waals surface area (Å²) < 4.78 is 11.0. The van der Waals surface area contributed by atoms with Gasteiger partial charge in [0.2, 0.25) is 5.13 Å². The topological polar surface area (TPSA) is 144 Å². The molecule has 0 saturated heterocycles. The van der Waals surface area contributed by atoms with Gasteiger partial charge in [-0.15, -0.1) is 10.2 Å². The van der Waals surface area contributed by atoms with Crippen LogP contribution in [0.15, 0.2) is 40.3 Å². The molecule has 3 rings (SSSR count). The fourth-order valence-electron chi connectivity index (χ4n) is 2.78. The molecule has 10 nitrogen and oxygen atoms in total. The predicted molar refractivity (Wildman–Crippen MR) is 118 cm³/mol. The van der Waals surface area contributed by atoms with Crippen LogP contribution in [0.1, 0.15) is 31.0 Å². The molecule has 1 N–H and O–H groups in total. The lowest BCUT2D eigenvalue weighted by atomic mass is 10.1. The minimum atomic E-state index is -0.656. The molecule has 3 aromatic rings. The summed E-state index contributed by atoms with van der Waals surface area (Å²) in [6, 6.07) is 9.32. The van der Waals surface area contributed by atoms with Crippen molar-refractivity contribution in [3.8, 4) is 23.1 Å². The number of furan rings is 1. The number of nitriles is 1. The highest BCUT2D eigenvalue weighted by atomic mass is 32.1. The number of aryl methyl sites for hydroxylation is 1. The first kappa shape index (κ1) is 22.6. The van der Waals surface area contributed by atoms with Crippen LogP contribution >= 0.6 is 11.3 Å². The van der Waals surface area contributed by atoms with Gasteiger partial charge in [-0.1, -0.05) is 18.3 Å². The Bertz CT molecular complexity index is 1210. The Morgan fingerprint density at radius 3 is 2.84 bits per heavy atom. The summed E-state index contributed by atoms with van der Waals surface area (Å²) in [6.45, 7) is 4.17. The van der Waals surface area contributed by atoms with Crippen molar-refractivity contribution in [2.45, 2.75) is 26.7 Å². The van der Waals surface area contributed by atoms with Crippen LogP contribution in [0.2, 0.25) is 0 Å². The minimum absolute atomic E-state index is 0.182. The molecule has 0 atom stereocenters. The third-order valence-corrected chi connectivity index (χ3v) is 5.07. The average Bonchev–Trinajstić information content (AvgIpc) is 3.42. The Balaban J connectivity index is 1.82. The molecule has 1 amide bonds. The SMILES string of the molecule is CCCc1nnc(NC(=O)C(C#N)=Cc2ccc(-c3ccc(OCC)cc3[N+](=O)[O-])o2)s1. The molecule has 0 unspecified atom stereocenters. The number of nitro groups is 1. The minimum Gasteiger partial charge on any atom is -0.494 e.